The van der Waals surface area contributed by atoms with Crippen LogP contribution in [0.2, 0.25) is 0 Å². The Labute approximate surface area is 109 Å². The number of rotatable bonds is 6. The Kier molecular flexibility index (Phi) is 5.77. The molecular weight excluding hydrogens is 284 g/mol. The summed E-state index contributed by atoms with van der Waals surface area (Å²) in [6.45, 7) is 0. The van der Waals surface area contributed by atoms with E-state index in [-0.39, 0.29) is 6.42 Å². The van der Waals surface area contributed by atoms with Crippen molar-refractivity contribution in [2.24, 2.45) is 0 Å². The molecule has 1 rings (SSSR count). The third-order valence-corrected chi connectivity index (χ3v) is 2.66. The van der Waals surface area contributed by atoms with E-state index in [4.69, 9.17) is 9.84 Å². The lowest BCUT2D eigenvalue weighted by Gasteiger charge is -2.02. The van der Waals surface area contributed by atoms with Gasteiger partial charge in [-0.3, -0.25) is 4.79 Å². The predicted octanol–water partition coefficient (Wildman–Crippen LogP) is 3.73. The molecule has 0 fully saturated rings. The Morgan fingerprint density at radius 2 is 2.24 bits per heavy atom. The summed E-state index contributed by atoms with van der Waals surface area (Å²) < 4.78 is 6.11. The summed E-state index contributed by atoms with van der Waals surface area (Å²) in [5.41, 5.74) is 1.03. The predicted molar refractivity (Wildman–Crippen MR) is 71.2 cm³/mol. The molecule has 0 aliphatic rings. The molecule has 0 atom stereocenters. The zero-order valence-corrected chi connectivity index (χ0v) is 11.2. The fourth-order valence-electron chi connectivity index (χ4n) is 1.39. The Morgan fingerprint density at radius 3 is 2.88 bits per heavy atom. The third kappa shape index (κ3) is 5.54. The van der Waals surface area contributed by atoms with Crippen molar-refractivity contribution < 1.29 is 14.6 Å². The molecule has 92 valence electrons. The van der Waals surface area contributed by atoms with Gasteiger partial charge >= 0.3 is 5.97 Å². The number of methoxy groups -OCH3 is 1. The minimum atomic E-state index is -0.748. The van der Waals surface area contributed by atoms with Crippen LogP contribution in [0.25, 0.3) is 6.08 Å². The number of unbranched alkanes of at least 4 members (excludes halogenated alkanes) is 1. The minimum absolute atomic E-state index is 0.214. The summed E-state index contributed by atoms with van der Waals surface area (Å²) in [7, 11) is 1.63. The molecule has 1 N–H and O–H groups in total. The van der Waals surface area contributed by atoms with Gasteiger partial charge in [-0.2, -0.15) is 0 Å². The fourth-order valence-corrected chi connectivity index (χ4v) is 1.88. The van der Waals surface area contributed by atoms with Crippen molar-refractivity contribution in [3.63, 3.8) is 0 Å². The third-order valence-electron chi connectivity index (χ3n) is 2.20. The van der Waals surface area contributed by atoms with E-state index in [1.165, 1.54) is 0 Å². The normalized spacial score (nSPS) is 10.7. The molecule has 17 heavy (non-hydrogen) atoms. The summed E-state index contributed by atoms with van der Waals surface area (Å²) >= 11 is 3.40. The number of ether oxygens (including phenoxy) is 1. The summed E-state index contributed by atoms with van der Waals surface area (Å²) in [6.07, 6.45) is 5.59. The quantitative estimate of drug-likeness (QED) is 0.814. The van der Waals surface area contributed by atoms with Crippen LogP contribution in [-0.4, -0.2) is 18.2 Å². The molecule has 0 heterocycles. The van der Waals surface area contributed by atoms with E-state index >= 15 is 0 Å². The molecule has 0 unspecified atom stereocenters. The van der Waals surface area contributed by atoms with Gasteiger partial charge in [-0.15, -0.1) is 0 Å². The van der Waals surface area contributed by atoms with E-state index in [1.807, 2.05) is 30.4 Å². The summed E-state index contributed by atoms with van der Waals surface area (Å²) in [5, 5.41) is 8.49. The van der Waals surface area contributed by atoms with Crippen molar-refractivity contribution in [2.45, 2.75) is 19.3 Å². The van der Waals surface area contributed by atoms with E-state index in [0.29, 0.717) is 6.42 Å². The van der Waals surface area contributed by atoms with Gasteiger partial charge in [-0.1, -0.05) is 28.1 Å². The first-order valence-electron chi connectivity index (χ1n) is 5.34. The summed E-state index contributed by atoms with van der Waals surface area (Å²) in [5.74, 6) is 0.0482. The Hall–Kier alpha value is -1.29. The highest BCUT2D eigenvalue weighted by Crippen LogP contribution is 2.22. The molecule has 1 aromatic carbocycles. The molecule has 0 aromatic heterocycles. The van der Waals surface area contributed by atoms with E-state index in [0.717, 1.165) is 22.2 Å². The van der Waals surface area contributed by atoms with Gasteiger partial charge in [-0.25, -0.2) is 0 Å². The molecular formula is C13H15BrO3. The minimum Gasteiger partial charge on any atom is -0.497 e. The number of halogens is 1. The second-order valence-corrected chi connectivity index (χ2v) is 4.53. The molecule has 0 spiro atoms. The lowest BCUT2D eigenvalue weighted by molar-refractivity contribution is -0.137. The maximum absolute atomic E-state index is 10.3. The van der Waals surface area contributed by atoms with Gasteiger partial charge in [0.05, 0.1) is 7.11 Å². The molecule has 0 saturated heterocycles. The van der Waals surface area contributed by atoms with Gasteiger partial charge in [-0.05, 0) is 36.6 Å². The van der Waals surface area contributed by atoms with Gasteiger partial charge in [0.2, 0.25) is 0 Å². The van der Waals surface area contributed by atoms with Crippen LogP contribution in [0.1, 0.15) is 24.8 Å². The number of carboxylic acids is 1. The SMILES string of the molecule is COc1cc(Br)cc(/C=C/CCCC(=O)O)c1. The zero-order chi connectivity index (χ0) is 12.7. The standard InChI is InChI=1S/C13H15BrO3/c1-17-12-8-10(7-11(14)9-12)5-3-2-4-6-13(15)16/h3,5,7-9H,2,4,6H2,1H3,(H,15,16)/b5-3+. The molecule has 0 aliphatic carbocycles. The van der Waals surface area contributed by atoms with Crippen molar-refractivity contribution in [2.75, 3.05) is 7.11 Å². The first kappa shape index (κ1) is 13.8. The first-order chi connectivity index (χ1) is 8.11. The molecule has 0 saturated carbocycles. The van der Waals surface area contributed by atoms with Crippen LogP contribution in [0, 0.1) is 0 Å². The highest BCUT2D eigenvalue weighted by Gasteiger charge is 1.97. The van der Waals surface area contributed by atoms with Gasteiger partial charge in [0.1, 0.15) is 5.75 Å². The van der Waals surface area contributed by atoms with E-state index in [2.05, 4.69) is 15.9 Å². The van der Waals surface area contributed by atoms with Crippen molar-refractivity contribution >= 4 is 28.0 Å². The number of aliphatic carboxylic acids is 1. The average molecular weight is 299 g/mol. The molecule has 0 bridgehead atoms. The second-order valence-electron chi connectivity index (χ2n) is 3.61. The maximum Gasteiger partial charge on any atom is 0.303 e. The van der Waals surface area contributed by atoms with Crippen LogP contribution in [0.3, 0.4) is 0 Å². The fraction of sp³-hybridized carbons (Fsp3) is 0.308. The Balaban J connectivity index is 2.52. The molecule has 0 amide bonds. The van der Waals surface area contributed by atoms with E-state index in [1.54, 1.807) is 7.11 Å². The zero-order valence-electron chi connectivity index (χ0n) is 9.65. The van der Waals surface area contributed by atoms with Crippen LogP contribution >= 0.6 is 15.9 Å². The first-order valence-corrected chi connectivity index (χ1v) is 6.14. The molecule has 0 aliphatic heterocycles. The van der Waals surface area contributed by atoms with Crippen LogP contribution in [-0.2, 0) is 4.79 Å². The van der Waals surface area contributed by atoms with Gasteiger partial charge in [0.25, 0.3) is 0 Å². The van der Waals surface area contributed by atoms with Gasteiger partial charge in [0, 0.05) is 10.9 Å². The van der Waals surface area contributed by atoms with Crippen LogP contribution < -0.4 is 4.74 Å². The molecule has 4 heteroatoms. The molecule has 3 nitrogen and oxygen atoms in total. The molecule has 0 radical (unpaired) electrons. The summed E-state index contributed by atoms with van der Waals surface area (Å²) in [4.78, 5) is 10.3. The number of allylic oxidation sites excluding steroid dienone is 1. The van der Waals surface area contributed by atoms with Crippen molar-refractivity contribution in [1.82, 2.24) is 0 Å². The smallest absolute Gasteiger partial charge is 0.303 e. The average Bonchev–Trinajstić information content (AvgIpc) is 2.27. The highest BCUT2D eigenvalue weighted by molar-refractivity contribution is 9.10. The lowest BCUT2D eigenvalue weighted by atomic mass is 10.1. The number of hydrogen-bond donors (Lipinski definition) is 1. The van der Waals surface area contributed by atoms with Crippen molar-refractivity contribution in [3.05, 3.63) is 34.3 Å². The Morgan fingerprint density at radius 1 is 1.47 bits per heavy atom. The van der Waals surface area contributed by atoms with Gasteiger partial charge < -0.3 is 9.84 Å². The van der Waals surface area contributed by atoms with Gasteiger partial charge in [0.15, 0.2) is 0 Å². The lowest BCUT2D eigenvalue weighted by Crippen LogP contribution is -1.92. The number of benzene rings is 1. The van der Waals surface area contributed by atoms with E-state index in [9.17, 15) is 4.79 Å². The van der Waals surface area contributed by atoms with Crippen LogP contribution in [0.15, 0.2) is 28.7 Å². The molecule has 1 aromatic rings. The maximum atomic E-state index is 10.3. The second kappa shape index (κ2) is 7.12. The van der Waals surface area contributed by atoms with Crippen LogP contribution in [0.4, 0.5) is 0 Å². The largest absolute Gasteiger partial charge is 0.497 e. The van der Waals surface area contributed by atoms with Crippen molar-refractivity contribution in [1.29, 1.82) is 0 Å². The number of carboxylic acid groups (broad SMARTS) is 1. The highest BCUT2D eigenvalue weighted by atomic mass is 79.9. The van der Waals surface area contributed by atoms with Crippen LogP contribution in [0.5, 0.6) is 5.75 Å². The monoisotopic (exact) mass is 298 g/mol. The number of hydrogen-bond acceptors (Lipinski definition) is 2. The Bertz CT molecular complexity index is 413. The van der Waals surface area contributed by atoms with Crippen molar-refractivity contribution in [3.8, 4) is 5.75 Å². The topological polar surface area (TPSA) is 46.5 Å². The summed E-state index contributed by atoms with van der Waals surface area (Å²) in [6, 6.07) is 5.80. The number of carbonyl (C=O) groups is 1. The van der Waals surface area contributed by atoms with E-state index < -0.39 is 5.97 Å².